The van der Waals surface area contributed by atoms with Crippen LogP contribution in [0.5, 0.6) is 0 Å². The molecule has 6 nitrogen and oxygen atoms in total. The summed E-state index contributed by atoms with van der Waals surface area (Å²) in [6.45, 7) is 2.54. The Bertz CT molecular complexity index is 1290. The van der Waals surface area contributed by atoms with E-state index in [0.717, 1.165) is 37.8 Å². The maximum absolute atomic E-state index is 13.4. The number of halogens is 2. The molecule has 0 heterocycles. The van der Waals surface area contributed by atoms with Gasteiger partial charge in [-0.15, -0.1) is 0 Å². The lowest BCUT2D eigenvalue weighted by Crippen LogP contribution is -2.24. The number of unbranched alkanes of at least 4 members (excludes halogenated alkanes) is 2. The van der Waals surface area contributed by atoms with E-state index in [9.17, 15) is 22.7 Å². The van der Waals surface area contributed by atoms with Crippen LogP contribution in [-0.4, -0.2) is 26.0 Å². The molecule has 192 valence electrons. The number of rotatable bonds is 13. The van der Waals surface area contributed by atoms with Gasteiger partial charge in [-0.05, 0) is 47.9 Å². The third kappa shape index (κ3) is 7.53. The molecule has 0 aliphatic carbocycles. The van der Waals surface area contributed by atoms with Crippen molar-refractivity contribution in [3.8, 4) is 0 Å². The van der Waals surface area contributed by atoms with E-state index in [4.69, 9.17) is 11.6 Å². The number of anilines is 1. The first-order chi connectivity index (χ1) is 17.2. The van der Waals surface area contributed by atoms with E-state index in [1.165, 1.54) is 29.8 Å². The lowest BCUT2D eigenvalue weighted by Gasteiger charge is -2.20. The average molecular weight is 533 g/mol. The number of sulfonamides is 1. The minimum Gasteiger partial charge on any atom is -0.478 e. The topological polar surface area (TPSA) is 95.5 Å². The van der Waals surface area contributed by atoms with Crippen molar-refractivity contribution in [1.82, 2.24) is 4.72 Å². The van der Waals surface area contributed by atoms with Crippen molar-refractivity contribution in [2.24, 2.45) is 0 Å². The Kier molecular flexibility index (Phi) is 9.87. The summed E-state index contributed by atoms with van der Waals surface area (Å²) in [5, 5.41) is 12.9. The summed E-state index contributed by atoms with van der Waals surface area (Å²) in [4.78, 5) is 11.8. The van der Waals surface area contributed by atoms with Crippen LogP contribution in [0.3, 0.4) is 0 Å². The SMILES string of the molecule is CCCCCC(CNc1ccc(S(=O)(=O)NCc2ccc(F)c(Cl)c2)cc1C(=O)O)c1ccccc1. The molecule has 0 spiro atoms. The van der Waals surface area contributed by atoms with E-state index in [1.54, 1.807) is 0 Å². The van der Waals surface area contributed by atoms with Crippen molar-refractivity contribution >= 4 is 33.3 Å². The summed E-state index contributed by atoms with van der Waals surface area (Å²) in [6.07, 6.45) is 4.24. The number of nitrogens with one attached hydrogen (secondary N) is 2. The molecule has 0 radical (unpaired) electrons. The predicted molar refractivity (Wildman–Crippen MR) is 141 cm³/mol. The number of hydrogen-bond donors (Lipinski definition) is 3. The summed E-state index contributed by atoms with van der Waals surface area (Å²) in [5.41, 5.74) is 1.85. The fourth-order valence-corrected chi connectivity index (χ4v) is 5.17. The molecule has 0 aliphatic rings. The van der Waals surface area contributed by atoms with Gasteiger partial charge in [-0.1, -0.05) is 74.2 Å². The fourth-order valence-electron chi connectivity index (χ4n) is 3.92. The molecule has 1 unspecified atom stereocenters. The molecule has 0 aliphatic heterocycles. The normalized spacial score (nSPS) is 12.3. The maximum Gasteiger partial charge on any atom is 0.337 e. The largest absolute Gasteiger partial charge is 0.478 e. The number of carboxylic acid groups (broad SMARTS) is 1. The molecule has 36 heavy (non-hydrogen) atoms. The highest BCUT2D eigenvalue weighted by atomic mass is 35.5. The summed E-state index contributed by atoms with van der Waals surface area (Å²) in [7, 11) is -4.02. The average Bonchev–Trinajstić information content (AvgIpc) is 2.87. The quantitative estimate of drug-likeness (QED) is 0.220. The Morgan fingerprint density at radius 2 is 1.81 bits per heavy atom. The van der Waals surface area contributed by atoms with Gasteiger partial charge < -0.3 is 10.4 Å². The van der Waals surface area contributed by atoms with Crippen LogP contribution >= 0.6 is 11.6 Å². The first kappa shape index (κ1) is 27.6. The van der Waals surface area contributed by atoms with Gasteiger partial charge in [0.25, 0.3) is 0 Å². The Balaban J connectivity index is 1.76. The Hall–Kier alpha value is -2.94. The van der Waals surface area contributed by atoms with E-state index in [1.807, 2.05) is 18.2 Å². The molecule has 3 aromatic rings. The highest BCUT2D eigenvalue weighted by Gasteiger charge is 2.20. The van der Waals surface area contributed by atoms with Gasteiger partial charge in [0.2, 0.25) is 10.0 Å². The van der Waals surface area contributed by atoms with Crippen molar-refractivity contribution in [2.45, 2.75) is 50.0 Å². The maximum atomic E-state index is 13.4. The van der Waals surface area contributed by atoms with Gasteiger partial charge in [-0.3, -0.25) is 0 Å². The van der Waals surface area contributed by atoms with Gasteiger partial charge in [-0.2, -0.15) is 0 Å². The first-order valence-electron chi connectivity index (χ1n) is 11.8. The Morgan fingerprint density at radius 3 is 2.47 bits per heavy atom. The molecular formula is C27H30ClFN2O4S. The summed E-state index contributed by atoms with van der Waals surface area (Å²) >= 11 is 5.76. The third-order valence-electron chi connectivity index (χ3n) is 5.95. The third-order valence-corrected chi connectivity index (χ3v) is 7.64. The standard InChI is InChI=1S/C27H30ClFN2O4S/c1-2-3-5-10-21(20-8-6-4-7-9-20)18-30-26-14-12-22(16-23(26)27(32)33)36(34,35)31-17-19-11-13-25(29)24(28)15-19/h4,6-9,11-16,21,30-31H,2-3,5,10,17-18H2,1H3,(H,32,33). The second-order valence-corrected chi connectivity index (χ2v) is 10.7. The second-order valence-electron chi connectivity index (χ2n) is 8.57. The summed E-state index contributed by atoms with van der Waals surface area (Å²) in [5.74, 6) is -1.65. The van der Waals surface area contributed by atoms with E-state index in [-0.39, 0.29) is 27.9 Å². The highest BCUT2D eigenvalue weighted by Crippen LogP contribution is 2.26. The highest BCUT2D eigenvalue weighted by molar-refractivity contribution is 7.89. The van der Waals surface area contributed by atoms with Crippen LogP contribution in [-0.2, 0) is 16.6 Å². The lowest BCUT2D eigenvalue weighted by molar-refractivity contribution is 0.0697. The van der Waals surface area contributed by atoms with Crippen LogP contribution in [0.25, 0.3) is 0 Å². The molecule has 3 N–H and O–H groups in total. The molecular weight excluding hydrogens is 503 g/mol. The second kappa shape index (κ2) is 12.9. The zero-order valence-corrected chi connectivity index (χ0v) is 21.6. The summed E-state index contributed by atoms with van der Waals surface area (Å²) in [6, 6.07) is 17.9. The molecule has 9 heteroatoms. The molecule has 3 rings (SSSR count). The first-order valence-corrected chi connectivity index (χ1v) is 13.7. The van der Waals surface area contributed by atoms with Gasteiger partial charge in [0, 0.05) is 24.7 Å². The molecule has 0 aromatic heterocycles. The van der Waals surface area contributed by atoms with E-state index >= 15 is 0 Å². The number of aromatic carboxylic acids is 1. The molecule has 0 fully saturated rings. The van der Waals surface area contributed by atoms with Crippen LogP contribution in [0.1, 0.15) is 60.0 Å². The lowest BCUT2D eigenvalue weighted by atomic mass is 9.93. The van der Waals surface area contributed by atoms with E-state index in [2.05, 4.69) is 29.1 Å². The number of carboxylic acids is 1. The molecule has 0 bridgehead atoms. The van der Waals surface area contributed by atoms with Crippen LogP contribution in [0, 0.1) is 5.82 Å². The van der Waals surface area contributed by atoms with E-state index in [0.29, 0.717) is 17.8 Å². The van der Waals surface area contributed by atoms with Gasteiger partial charge >= 0.3 is 5.97 Å². The van der Waals surface area contributed by atoms with Crippen molar-refractivity contribution in [2.75, 3.05) is 11.9 Å². The van der Waals surface area contributed by atoms with Crippen molar-refractivity contribution < 1.29 is 22.7 Å². The monoisotopic (exact) mass is 532 g/mol. The molecule has 1 atom stereocenters. The number of carbonyl (C=O) groups is 1. The zero-order valence-electron chi connectivity index (χ0n) is 20.0. The van der Waals surface area contributed by atoms with Crippen molar-refractivity contribution in [3.63, 3.8) is 0 Å². The van der Waals surface area contributed by atoms with Gasteiger partial charge in [0.05, 0.1) is 15.5 Å². The Labute approximate surface area is 216 Å². The van der Waals surface area contributed by atoms with Crippen LogP contribution in [0.15, 0.2) is 71.6 Å². The van der Waals surface area contributed by atoms with Gasteiger partial charge in [0.15, 0.2) is 0 Å². The number of benzene rings is 3. The predicted octanol–water partition coefficient (Wildman–Crippen LogP) is 6.43. The molecule has 0 saturated carbocycles. The van der Waals surface area contributed by atoms with Crippen LogP contribution < -0.4 is 10.0 Å². The van der Waals surface area contributed by atoms with Crippen LogP contribution in [0.2, 0.25) is 5.02 Å². The number of hydrogen-bond acceptors (Lipinski definition) is 4. The zero-order chi connectivity index (χ0) is 26.1. The Morgan fingerprint density at radius 1 is 1.06 bits per heavy atom. The van der Waals surface area contributed by atoms with Gasteiger partial charge in [0.1, 0.15) is 5.82 Å². The minimum absolute atomic E-state index is 0.112. The fraction of sp³-hybridized carbons (Fsp3) is 0.296. The van der Waals surface area contributed by atoms with Crippen molar-refractivity contribution in [1.29, 1.82) is 0 Å². The van der Waals surface area contributed by atoms with Crippen molar-refractivity contribution in [3.05, 3.63) is 94.3 Å². The molecule has 0 amide bonds. The molecule has 3 aromatic carbocycles. The molecule has 0 saturated heterocycles. The minimum atomic E-state index is -4.02. The van der Waals surface area contributed by atoms with Gasteiger partial charge in [-0.25, -0.2) is 22.3 Å². The smallest absolute Gasteiger partial charge is 0.337 e. The van der Waals surface area contributed by atoms with Crippen LogP contribution in [0.4, 0.5) is 10.1 Å². The van der Waals surface area contributed by atoms with E-state index < -0.39 is 21.8 Å². The summed E-state index contributed by atoms with van der Waals surface area (Å²) < 4.78 is 41.4.